The van der Waals surface area contributed by atoms with Crippen LogP contribution in [0, 0.1) is 18.6 Å². The summed E-state index contributed by atoms with van der Waals surface area (Å²) in [6, 6.07) is 14.3. The Balaban J connectivity index is 1.59. The number of nitrogens with one attached hydrogen (secondary N) is 1. The fourth-order valence-electron chi connectivity index (χ4n) is 4.01. The van der Waals surface area contributed by atoms with Crippen molar-refractivity contribution >= 4 is 11.6 Å². The number of hydrogen-bond acceptors (Lipinski definition) is 4. The van der Waals surface area contributed by atoms with Crippen molar-refractivity contribution in [2.24, 2.45) is 0 Å². The topological polar surface area (TPSA) is 75.9 Å². The minimum Gasteiger partial charge on any atom is -0.485 e. The summed E-state index contributed by atoms with van der Waals surface area (Å²) < 4.78 is 35.2. The normalized spacial score (nSPS) is 12.0. The van der Waals surface area contributed by atoms with E-state index in [9.17, 15) is 18.7 Å². The van der Waals surface area contributed by atoms with Crippen LogP contribution in [0.2, 0.25) is 0 Å². The molecular weight excluding hydrogens is 440 g/mol. The lowest BCUT2D eigenvalue weighted by Gasteiger charge is -2.18. The number of imidazole rings is 1. The second-order valence-electron chi connectivity index (χ2n) is 7.97. The molecule has 0 saturated heterocycles. The average molecular weight is 466 g/mol. The number of carbonyl (C=O) groups is 1. The number of carbonyl (C=O) groups excluding carboxylic acids is 1. The van der Waals surface area contributed by atoms with Crippen molar-refractivity contribution in [3.8, 4) is 5.75 Å². The number of aliphatic hydroxyl groups excluding tert-OH is 1. The zero-order valence-electron chi connectivity index (χ0n) is 18.9. The zero-order chi connectivity index (χ0) is 24.2. The van der Waals surface area contributed by atoms with E-state index in [0.29, 0.717) is 29.2 Å². The van der Waals surface area contributed by atoms with E-state index in [1.54, 1.807) is 29.7 Å². The number of hydrogen-bond donors (Lipinski definition) is 2. The Morgan fingerprint density at radius 2 is 1.85 bits per heavy atom. The van der Waals surface area contributed by atoms with Gasteiger partial charge in [-0.3, -0.25) is 9.20 Å². The molecule has 0 bridgehead atoms. The Bertz CT molecular complexity index is 1320. The lowest BCUT2D eigenvalue weighted by molar-refractivity contribution is 0.0933. The SMILES string of the molecule is Cc1nc2c(OCc3c(F)cccc3F)cccn2c1C(=O)NC(C)c1ccccc1CCO. The summed E-state index contributed by atoms with van der Waals surface area (Å²) in [4.78, 5) is 17.7. The van der Waals surface area contributed by atoms with Crippen LogP contribution < -0.4 is 10.1 Å². The number of amides is 1. The van der Waals surface area contributed by atoms with Crippen molar-refractivity contribution in [3.63, 3.8) is 0 Å². The van der Waals surface area contributed by atoms with Gasteiger partial charge in [0.25, 0.3) is 5.91 Å². The maximum absolute atomic E-state index is 14.0. The standard InChI is InChI=1S/C26H25F2N3O3/c1-16(19-8-4-3-7-18(19)12-14-32)30-26(33)24-17(2)29-25-23(11-6-13-31(24)25)34-15-20-21(27)9-5-10-22(20)28/h3-11,13,16,32H,12,14-15H2,1-2H3,(H,30,33). The van der Waals surface area contributed by atoms with Crippen molar-refractivity contribution in [3.05, 3.63) is 101 Å². The molecule has 0 spiro atoms. The lowest BCUT2D eigenvalue weighted by atomic mass is 9.99. The number of halogens is 2. The molecule has 2 N–H and O–H groups in total. The zero-order valence-corrected chi connectivity index (χ0v) is 18.9. The van der Waals surface area contributed by atoms with E-state index < -0.39 is 11.6 Å². The number of fused-ring (bicyclic) bond motifs is 1. The van der Waals surface area contributed by atoms with Gasteiger partial charge in [0.2, 0.25) is 0 Å². The quantitative estimate of drug-likeness (QED) is 0.401. The highest BCUT2D eigenvalue weighted by Crippen LogP contribution is 2.25. The third kappa shape index (κ3) is 4.63. The van der Waals surface area contributed by atoms with Gasteiger partial charge in [-0.25, -0.2) is 13.8 Å². The molecule has 34 heavy (non-hydrogen) atoms. The predicted molar refractivity (Wildman–Crippen MR) is 124 cm³/mol. The van der Waals surface area contributed by atoms with Gasteiger partial charge in [-0.1, -0.05) is 30.3 Å². The molecule has 0 aliphatic carbocycles. The summed E-state index contributed by atoms with van der Waals surface area (Å²) in [5.74, 6) is -1.41. The van der Waals surface area contributed by atoms with Crippen molar-refractivity contribution in [2.75, 3.05) is 6.61 Å². The Hall–Kier alpha value is -3.78. The van der Waals surface area contributed by atoms with Crippen LogP contribution in [0.25, 0.3) is 5.65 Å². The van der Waals surface area contributed by atoms with E-state index in [4.69, 9.17) is 4.74 Å². The molecule has 1 atom stereocenters. The van der Waals surface area contributed by atoms with Crippen LogP contribution in [0.5, 0.6) is 5.75 Å². The van der Waals surface area contributed by atoms with Crippen molar-refractivity contribution < 1.29 is 23.4 Å². The lowest BCUT2D eigenvalue weighted by Crippen LogP contribution is -2.29. The van der Waals surface area contributed by atoms with Gasteiger partial charge in [-0.15, -0.1) is 0 Å². The molecule has 0 aliphatic heterocycles. The van der Waals surface area contributed by atoms with Crippen molar-refractivity contribution in [2.45, 2.75) is 32.9 Å². The van der Waals surface area contributed by atoms with Crippen molar-refractivity contribution in [1.29, 1.82) is 0 Å². The second kappa shape index (κ2) is 10.0. The van der Waals surface area contributed by atoms with Crippen LogP contribution in [0.15, 0.2) is 60.8 Å². The summed E-state index contributed by atoms with van der Waals surface area (Å²) in [5.41, 5.74) is 2.90. The van der Waals surface area contributed by atoms with Gasteiger partial charge in [-0.2, -0.15) is 0 Å². The smallest absolute Gasteiger partial charge is 0.270 e. The number of rotatable bonds is 8. The molecule has 0 aliphatic rings. The largest absolute Gasteiger partial charge is 0.485 e. The molecule has 2 aromatic carbocycles. The Kier molecular flexibility index (Phi) is 6.88. The molecule has 4 rings (SSSR count). The third-order valence-corrected chi connectivity index (χ3v) is 5.69. The molecule has 176 valence electrons. The van der Waals surface area contributed by atoms with E-state index in [0.717, 1.165) is 11.1 Å². The number of aryl methyl sites for hydroxylation is 1. The van der Waals surface area contributed by atoms with E-state index in [2.05, 4.69) is 10.3 Å². The second-order valence-corrected chi connectivity index (χ2v) is 7.97. The molecule has 1 unspecified atom stereocenters. The Morgan fingerprint density at radius 3 is 2.59 bits per heavy atom. The maximum atomic E-state index is 14.0. The molecule has 2 aromatic heterocycles. The summed E-state index contributed by atoms with van der Waals surface area (Å²) in [6.07, 6.45) is 2.18. The monoisotopic (exact) mass is 465 g/mol. The summed E-state index contributed by atoms with van der Waals surface area (Å²) in [6.45, 7) is 3.30. The highest BCUT2D eigenvalue weighted by atomic mass is 19.1. The van der Waals surface area contributed by atoms with Gasteiger partial charge in [0.1, 0.15) is 23.9 Å². The first-order chi connectivity index (χ1) is 16.4. The van der Waals surface area contributed by atoms with Crippen LogP contribution in [0.3, 0.4) is 0 Å². The van der Waals surface area contributed by atoms with Crippen LogP contribution in [-0.2, 0) is 13.0 Å². The molecule has 6 nitrogen and oxygen atoms in total. The summed E-state index contributed by atoms with van der Waals surface area (Å²) in [7, 11) is 0. The van der Waals surface area contributed by atoms with Gasteiger partial charge in [0.05, 0.1) is 17.3 Å². The Labute approximate surface area is 195 Å². The summed E-state index contributed by atoms with van der Waals surface area (Å²) >= 11 is 0. The average Bonchev–Trinajstić information content (AvgIpc) is 3.16. The number of ether oxygens (including phenoxy) is 1. The third-order valence-electron chi connectivity index (χ3n) is 5.69. The number of pyridine rings is 1. The fourth-order valence-corrected chi connectivity index (χ4v) is 4.01. The van der Waals surface area contributed by atoms with Gasteiger partial charge >= 0.3 is 0 Å². The number of aliphatic hydroxyl groups is 1. The van der Waals surface area contributed by atoms with E-state index in [-0.39, 0.29) is 30.7 Å². The van der Waals surface area contributed by atoms with Crippen LogP contribution in [-0.4, -0.2) is 27.0 Å². The molecule has 0 fully saturated rings. The first-order valence-electron chi connectivity index (χ1n) is 10.9. The molecule has 0 saturated carbocycles. The van der Waals surface area contributed by atoms with E-state index in [1.165, 1.54) is 18.2 Å². The first-order valence-corrected chi connectivity index (χ1v) is 10.9. The van der Waals surface area contributed by atoms with E-state index >= 15 is 0 Å². The molecule has 4 aromatic rings. The first kappa shape index (κ1) is 23.4. The predicted octanol–water partition coefficient (Wildman–Crippen LogP) is 4.53. The van der Waals surface area contributed by atoms with Crippen molar-refractivity contribution in [1.82, 2.24) is 14.7 Å². The van der Waals surface area contributed by atoms with Gasteiger partial charge in [0.15, 0.2) is 11.4 Å². The van der Waals surface area contributed by atoms with Gasteiger partial charge in [-0.05, 0) is 55.7 Å². The molecule has 2 heterocycles. The van der Waals surface area contributed by atoms with Gasteiger partial charge in [0, 0.05) is 12.8 Å². The number of aromatic nitrogens is 2. The van der Waals surface area contributed by atoms with Crippen LogP contribution in [0.4, 0.5) is 8.78 Å². The van der Waals surface area contributed by atoms with Crippen LogP contribution >= 0.6 is 0 Å². The minimum atomic E-state index is -0.693. The van der Waals surface area contributed by atoms with Gasteiger partial charge < -0.3 is 15.2 Å². The highest BCUT2D eigenvalue weighted by molar-refractivity contribution is 5.95. The molecule has 8 heteroatoms. The van der Waals surface area contributed by atoms with E-state index in [1.807, 2.05) is 31.2 Å². The summed E-state index contributed by atoms with van der Waals surface area (Å²) in [5, 5.41) is 12.3. The fraction of sp³-hybridized carbons (Fsp3) is 0.231. The number of nitrogens with zero attached hydrogens (tertiary/aromatic N) is 2. The Morgan fingerprint density at radius 1 is 1.12 bits per heavy atom. The minimum absolute atomic E-state index is 0.0175. The van der Waals surface area contributed by atoms with Crippen LogP contribution in [0.1, 0.15) is 45.8 Å². The molecule has 1 amide bonds. The molecular formula is C26H25F2N3O3. The highest BCUT2D eigenvalue weighted by Gasteiger charge is 2.22. The molecule has 0 radical (unpaired) electrons. The maximum Gasteiger partial charge on any atom is 0.270 e. The number of benzene rings is 2.